The van der Waals surface area contributed by atoms with Crippen LogP contribution >= 0.6 is 0 Å². The minimum atomic E-state index is -0.436. The number of nitrogens with one attached hydrogen (secondary N) is 2. The molecule has 4 N–H and O–H groups in total. The Labute approximate surface area is 99.5 Å². The molecule has 1 amide bonds. The molecule has 0 aromatic heterocycles. The van der Waals surface area contributed by atoms with E-state index in [1.807, 2.05) is 0 Å². The fourth-order valence-corrected chi connectivity index (χ4v) is 1.99. The number of rotatable bonds is 2. The van der Waals surface area contributed by atoms with Crippen molar-refractivity contribution in [1.82, 2.24) is 10.6 Å². The van der Waals surface area contributed by atoms with Crippen LogP contribution in [0.25, 0.3) is 0 Å². The minimum absolute atomic E-state index is 0.0512. The van der Waals surface area contributed by atoms with Crippen LogP contribution in [0.5, 0.6) is 11.5 Å². The standard InChI is InChI=1S/C12H16N2O3/c15-9-4-1-5-10(16)11(9)12(17)14-8-3-2-6-13-7-8/h1,4-5,8,13,15-16H,2-3,6-7H2,(H,14,17)/t8-/m0/s1. The molecule has 5 heteroatoms. The summed E-state index contributed by atoms with van der Waals surface area (Å²) in [6, 6.07) is 4.31. The van der Waals surface area contributed by atoms with E-state index in [-0.39, 0.29) is 23.1 Å². The third-order valence-corrected chi connectivity index (χ3v) is 2.88. The van der Waals surface area contributed by atoms with Crippen molar-refractivity contribution in [2.45, 2.75) is 18.9 Å². The first kappa shape index (κ1) is 11.7. The molecule has 0 saturated carbocycles. The van der Waals surface area contributed by atoms with Crippen molar-refractivity contribution in [1.29, 1.82) is 0 Å². The van der Waals surface area contributed by atoms with Gasteiger partial charge in [-0.05, 0) is 31.5 Å². The number of aromatic hydroxyl groups is 2. The molecule has 1 saturated heterocycles. The Hall–Kier alpha value is -1.75. The maximum absolute atomic E-state index is 11.9. The highest BCUT2D eigenvalue weighted by Gasteiger charge is 2.20. The first-order valence-corrected chi connectivity index (χ1v) is 5.71. The van der Waals surface area contributed by atoms with E-state index in [1.54, 1.807) is 0 Å². The number of phenols is 2. The van der Waals surface area contributed by atoms with Gasteiger partial charge in [-0.25, -0.2) is 0 Å². The lowest BCUT2D eigenvalue weighted by Crippen LogP contribution is -2.45. The Morgan fingerprint density at radius 2 is 2.06 bits per heavy atom. The molecule has 0 aliphatic carbocycles. The zero-order valence-electron chi connectivity index (χ0n) is 9.44. The third-order valence-electron chi connectivity index (χ3n) is 2.88. The van der Waals surface area contributed by atoms with Gasteiger partial charge in [-0.15, -0.1) is 0 Å². The lowest BCUT2D eigenvalue weighted by molar-refractivity contribution is 0.0925. The second-order valence-electron chi connectivity index (χ2n) is 4.19. The highest BCUT2D eigenvalue weighted by molar-refractivity contribution is 5.99. The number of hydrogen-bond acceptors (Lipinski definition) is 4. The second kappa shape index (κ2) is 5.05. The van der Waals surface area contributed by atoms with Gasteiger partial charge in [0.25, 0.3) is 5.91 Å². The number of amides is 1. The quantitative estimate of drug-likeness (QED) is 0.605. The van der Waals surface area contributed by atoms with E-state index >= 15 is 0 Å². The summed E-state index contributed by atoms with van der Waals surface area (Å²) in [5.41, 5.74) is -0.0573. The number of phenolic OH excluding ortho intramolecular Hbond substituents is 2. The van der Waals surface area contributed by atoms with E-state index in [0.29, 0.717) is 0 Å². The van der Waals surface area contributed by atoms with Crippen LogP contribution in [0.4, 0.5) is 0 Å². The van der Waals surface area contributed by atoms with Gasteiger partial charge in [0.1, 0.15) is 17.1 Å². The summed E-state index contributed by atoms with van der Waals surface area (Å²) in [6.07, 6.45) is 1.92. The number of piperidine rings is 1. The summed E-state index contributed by atoms with van der Waals surface area (Å²) in [4.78, 5) is 11.9. The van der Waals surface area contributed by atoms with Crippen LogP contribution in [0.1, 0.15) is 23.2 Å². The maximum Gasteiger partial charge on any atom is 0.259 e. The van der Waals surface area contributed by atoms with Gasteiger partial charge in [0.15, 0.2) is 0 Å². The summed E-state index contributed by atoms with van der Waals surface area (Å²) in [5, 5.41) is 25.1. The Balaban J connectivity index is 2.08. The predicted octanol–water partition coefficient (Wildman–Crippen LogP) is 0.580. The molecule has 1 heterocycles. The fourth-order valence-electron chi connectivity index (χ4n) is 1.99. The average molecular weight is 236 g/mol. The molecular formula is C12H16N2O3. The molecule has 1 aromatic carbocycles. The molecule has 0 bridgehead atoms. The molecule has 0 unspecified atom stereocenters. The molecule has 2 rings (SSSR count). The van der Waals surface area contributed by atoms with Crippen molar-refractivity contribution in [2.24, 2.45) is 0 Å². The SMILES string of the molecule is O=C(N[C@H]1CCCNC1)c1c(O)cccc1O. The highest BCUT2D eigenvalue weighted by atomic mass is 16.3. The zero-order chi connectivity index (χ0) is 12.3. The van der Waals surface area contributed by atoms with Crippen LogP contribution in [0.3, 0.4) is 0 Å². The Kier molecular flexibility index (Phi) is 3.49. The smallest absolute Gasteiger partial charge is 0.259 e. The van der Waals surface area contributed by atoms with Crippen LogP contribution < -0.4 is 10.6 Å². The maximum atomic E-state index is 11.9. The summed E-state index contributed by atoms with van der Waals surface area (Å²) >= 11 is 0. The number of carbonyl (C=O) groups excluding carboxylic acids is 1. The molecule has 0 spiro atoms. The van der Waals surface area contributed by atoms with Crippen molar-refractivity contribution in [2.75, 3.05) is 13.1 Å². The predicted molar refractivity (Wildman–Crippen MR) is 63.1 cm³/mol. The van der Waals surface area contributed by atoms with E-state index in [1.165, 1.54) is 18.2 Å². The van der Waals surface area contributed by atoms with Crippen LogP contribution in [0.2, 0.25) is 0 Å². The highest BCUT2D eigenvalue weighted by Crippen LogP contribution is 2.26. The molecule has 1 fully saturated rings. The van der Waals surface area contributed by atoms with Crippen molar-refractivity contribution in [3.8, 4) is 11.5 Å². The Morgan fingerprint density at radius 3 is 2.65 bits per heavy atom. The first-order valence-electron chi connectivity index (χ1n) is 5.71. The molecule has 0 radical (unpaired) electrons. The van der Waals surface area contributed by atoms with Gasteiger partial charge in [0.05, 0.1) is 0 Å². The fraction of sp³-hybridized carbons (Fsp3) is 0.417. The topological polar surface area (TPSA) is 81.6 Å². The molecule has 1 atom stereocenters. The van der Waals surface area contributed by atoms with E-state index in [9.17, 15) is 15.0 Å². The first-order chi connectivity index (χ1) is 8.18. The number of carbonyl (C=O) groups is 1. The molecule has 1 aliphatic heterocycles. The number of benzene rings is 1. The van der Waals surface area contributed by atoms with Gasteiger partial charge >= 0.3 is 0 Å². The van der Waals surface area contributed by atoms with Crippen molar-refractivity contribution >= 4 is 5.91 Å². The summed E-state index contributed by atoms with van der Waals surface area (Å²) < 4.78 is 0. The molecular weight excluding hydrogens is 220 g/mol. The second-order valence-corrected chi connectivity index (χ2v) is 4.19. The molecule has 1 aliphatic rings. The average Bonchev–Trinajstić information content (AvgIpc) is 2.30. The lowest BCUT2D eigenvalue weighted by atomic mass is 10.1. The molecule has 17 heavy (non-hydrogen) atoms. The van der Waals surface area contributed by atoms with Gasteiger partial charge in [0.2, 0.25) is 0 Å². The molecule has 5 nitrogen and oxygen atoms in total. The van der Waals surface area contributed by atoms with Gasteiger partial charge in [-0.3, -0.25) is 4.79 Å². The normalized spacial score (nSPS) is 19.9. The van der Waals surface area contributed by atoms with E-state index in [2.05, 4.69) is 10.6 Å². The van der Waals surface area contributed by atoms with Crippen LogP contribution in [0, 0.1) is 0 Å². The van der Waals surface area contributed by atoms with Crippen LogP contribution in [-0.4, -0.2) is 35.3 Å². The Bertz CT molecular complexity index is 394. The van der Waals surface area contributed by atoms with Crippen LogP contribution in [0.15, 0.2) is 18.2 Å². The van der Waals surface area contributed by atoms with E-state index in [4.69, 9.17) is 0 Å². The van der Waals surface area contributed by atoms with Crippen LogP contribution in [-0.2, 0) is 0 Å². The van der Waals surface area contributed by atoms with E-state index in [0.717, 1.165) is 25.9 Å². The monoisotopic (exact) mass is 236 g/mol. The summed E-state index contributed by atoms with van der Waals surface area (Å²) in [5.74, 6) is -0.841. The van der Waals surface area contributed by atoms with Crippen molar-refractivity contribution in [3.05, 3.63) is 23.8 Å². The van der Waals surface area contributed by atoms with Gasteiger partial charge in [0, 0.05) is 12.6 Å². The van der Waals surface area contributed by atoms with Gasteiger partial charge in [-0.2, -0.15) is 0 Å². The number of hydrogen-bond donors (Lipinski definition) is 4. The summed E-state index contributed by atoms with van der Waals surface area (Å²) in [7, 11) is 0. The molecule has 92 valence electrons. The Morgan fingerprint density at radius 1 is 1.35 bits per heavy atom. The van der Waals surface area contributed by atoms with Crippen molar-refractivity contribution < 1.29 is 15.0 Å². The minimum Gasteiger partial charge on any atom is -0.507 e. The largest absolute Gasteiger partial charge is 0.507 e. The summed E-state index contributed by atoms with van der Waals surface area (Å²) in [6.45, 7) is 1.69. The third kappa shape index (κ3) is 2.68. The molecule has 1 aromatic rings. The lowest BCUT2D eigenvalue weighted by Gasteiger charge is -2.24. The van der Waals surface area contributed by atoms with Crippen molar-refractivity contribution in [3.63, 3.8) is 0 Å². The van der Waals surface area contributed by atoms with E-state index < -0.39 is 5.91 Å². The zero-order valence-corrected chi connectivity index (χ0v) is 9.44. The van der Waals surface area contributed by atoms with Gasteiger partial charge < -0.3 is 20.8 Å². The van der Waals surface area contributed by atoms with Gasteiger partial charge in [-0.1, -0.05) is 6.07 Å².